The molecular weight excluding hydrogens is 489 g/mol. The Morgan fingerprint density at radius 1 is 1.18 bits per heavy atom. The molecule has 3 heterocycles. The number of ether oxygens (including phenoxy) is 1. The van der Waals surface area contributed by atoms with E-state index in [1.165, 1.54) is 17.1 Å². The molecule has 0 spiro atoms. The predicted octanol–water partition coefficient (Wildman–Crippen LogP) is 4.28. The van der Waals surface area contributed by atoms with Gasteiger partial charge in [0.2, 0.25) is 5.95 Å². The zero-order valence-corrected chi connectivity index (χ0v) is 19.6. The Balaban J connectivity index is 1.52. The Kier molecular flexibility index (Phi) is 5.55. The van der Waals surface area contributed by atoms with E-state index in [0.29, 0.717) is 42.2 Å². The summed E-state index contributed by atoms with van der Waals surface area (Å²) in [5.41, 5.74) is 9.89. The molecule has 1 unspecified atom stereocenters. The molecule has 0 fully saturated rings. The zero-order valence-electron chi connectivity index (χ0n) is 18.0. The number of halogens is 2. The highest BCUT2D eigenvalue weighted by atomic mass is 79.9. The number of nitrogen functional groups attached to an aromatic ring is 1. The van der Waals surface area contributed by atoms with Crippen LogP contribution in [0.2, 0.25) is 0 Å². The number of fused-ring (bicyclic) bond motifs is 1. The molecule has 33 heavy (non-hydrogen) atoms. The molecule has 4 aromatic rings. The third kappa shape index (κ3) is 3.96. The molecule has 0 aliphatic carbocycles. The second-order valence-corrected chi connectivity index (χ2v) is 8.72. The summed E-state index contributed by atoms with van der Waals surface area (Å²) in [5.74, 6) is 0.842. The van der Waals surface area contributed by atoms with Gasteiger partial charge in [-0.05, 0) is 42.8 Å². The average molecular weight is 510 g/mol. The number of hydrogen-bond acceptors (Lipinski definition) is 7. The Labute approximate surface area is 198 Å². The van der Waals surface area contributed by atoms with E-state index in [1.54, 1.807) is 31.0 Å². The van der Waals surface area contributed by atoms with Crippen molar-refractivity contribution in [2.75, 3.05) is 24.3 Å². The van der Waals surface area contributed by atoms with E-state index in [2.05, 4.69) is 31.0 Å². The third-order valence-corrected chi connectivity index (χ3v) is 6.29. The monoisotopic (exact) mass is 509 g/mol. The van der Waals surface area contributed by atoms with Gasteiger partial charge in [0.25, 0.3) is 0 Å². The van der Waals surface area contributed by atoms with Crippen LogP contribution in [0, 0.1) is 12.7 Å². The number of aryl methyl sites for hydroxylation is 1. The topological polar surface area (TPSA) is 95.0 Å². The highest BCUT2D eigenvalue weighted by molar-refractivity contribution is 9.10. The molecule has 2 N–H and O–H groups in total. The minimum absolute atomic E-state index is 0.0753. The molecule has 1 aliphatic rings. The smallest absolute Gasteiger partial charge is 0.231 e. The first kappa shape index (κ1) is 21.5. The number of nitrogens with zero attached hydrogens (tertiary/aromatic N) is 6. The number of hydrogen-bond donors (Lipinski definition) is 1. The third-order valence-electron chi connectivity index (χ3n) is 5.76. The molecule has 1 aliphatic heterocycles. The fourth-order valence-corrected chi connectivity index (χ4v) is 4.19. The largest absolute Gasteiger partial charge is 0.383 e. The molecule has 0 saturated heterocycles. The van der Waals surface area contributed by atoms with E-state index in [1.807, 2.05) is 24.3 Å². The maximum Gasteiger partial charge on any atom is 0.231 e. The number of benzene rings is 2. The summed E-state index contributed by atoms with van der Waals surface area (Å²) in [6, 6.07) is 12.9. The van der Waals surface area contributed by atoms with Crippen molar-refractivity contribution in [1.82, 2.24) is 24.7 Å². The maximum absolute atomic E-state index is 14.9. The van der Waals surface area contributed by atoms with Crippen LogP contribution in [-0.4, -0.2) is 38.4 Å². The molecule has 8 nitrogen and oxygen atoms in total. The van der Waals surface area contributed by atoms with Gasteiger partial charge in [-0.2, -0.15) is 10.1 Å². The van der Waals surface area contributed by atoms with Crippen LogP contribution < -0.4 is 10.6 Å². The number of anilines is 3. The quantitative estimate of drug-likeness (QED) is 0.438. The van der Waals surface area contributed by atoms with Gasteiger partial charge < -0.3 is 15.4 Å². The molecular formula is C23H21BrFN7O. The van der Waals surface area contributed by atoms with E-state index in [0.717, 1.165) is 21.3 Å². The van der Waals surface area contributed by atoms with E-state index in [4.69, 9.17) is 15.5 Å². The van der Waals surface area contributed by atoms with Crippen molar-refractivity contribution in [3.63, 3.8) is 0 Å². The van der Waals surface area contributed by atoms with E-state index < -0.39 is 5.82 Å². The first-order valence-corrected chi connectivity index (χ1v) is 11.1. The standard InChI is InChI=1S/C23H21BrFN7O/c1-13-27-12-28-32(13)20-8-7-16(9-19(20)25)31(2)23-29-21-17(14-3-5-15(24)6-4-14)10-33-11-18(21)22(26)30-23/h3-9,12,17H,10-11H2,1-2H3,(H2,26,29,30). The van der Waals surface area contributed by atoms with Crippen molar-refractivity contribution in [3.8, 4) is 5.69 Å². The normalized spacial score (nSPS) is 15.3. The summed E-state index contributed by atoms with van der Waals surface area (Å²) >= 11 is 3.47. The fourth-order valence-electron chi connectivity index (χ4n) is 3.93. The second kappa shape index (κ2) is 8.53. The Hall–Kier alpha value is -3.37. The summed E-state index contributed by atoms with van der Waals surface area (Å²) in [7, 11) is 1.78. The van der Waals surface area contributed by atoms with Gasteiger partial charge in [0.15, 0.2) is 5.82 Å². The lowest BCUT2D eigenvalue weighted by molar-refractivity contribution is 0.0979. The van der Waals surface area contributed by atoms with Gasteiger partial charge >= 0.3 is 0 Å². The summed E-state index contributed by atoms with van der Waals surface area (Å²) in [6.45, 7) is 2.62. The summed E-state index contributed by atoms with van der Waals surface area (Å²) in [5, 5.41) is 4.08. The van der Waals surface area contributed by atoms with Crippen LogP contribution in [0.1, 0.15) is 28.6 Å². The molecule has 168 valence electrons. The van der Waals surface area contributed by atoms with Crippen LogP contribution >= 0.6 is 15.9 Å². The maximum atomic E-state index is 14.9. The number of aromatic nitrogens is 5. The van der Waals surface area contributed by atoms with Crippen molar-refractivity contribution >= 4 is 33.4 Å². The highest BCUT2D eigenvalue weighted by Crippen LogP contribution is 2.35. The van der Waals surface area contributed by atoms with Gasteiger partial charge in [0, 0.05) is 22.8 Å². The fraction of sp³-hybridized carbons (Fsp3) is 0.217. The van der Waals surface area contributed by atoms with Crippen molar-refractivity contribution < 1.29 is 9.13 Å². The number of rotatable bonds is 4. The Morgan fingerprint density at radius 3 is 2.67 bits per heavy atom. The van der Waals surface area contributed by atoms with Gasteiger partial charge in [-0.25, -0.2) is 19.0 Å². The lowest BCUT2D eigenvalue weighted by atomic mass is 9.92. The highest BCUT2D eigenvalue weighted by Gasteiger charge is 2.28. The van der Waals surface area contributed by atoms with Gasteiger partial charge in [-0.1, -0.05) is 28.1 Å². The molecule has 1 atom stereocenters. The summed E-state index contributed by atoms with van der Waals surface area (Å²) in [4.78, 5) is 15.1. The van der Waals surface area contributed by atoms with Gasteiger partial charge in [-0.15, -0.1) is 0 Å². The first-order valence-electron chi connectivity index (χ1n) is 10.3. The van der Waals surface area contributed by atoms with Crippen LogP contribution in [0.3, 0.4) is 0 Å². The van der Waals surface area contributed by atoms with E-state index in [9.17, 15) is 4.39 Å². The lowest BCUT2D eigenvalue weighted by Crippen LogP contribution is -2.24. The summed E-state index contributed by atoms with van der Waals surface area (Å²) in [6.07, 6.45) is 1.39. The van der Waals surface area contributed by atoms with E-state index >= 15 is 0 Å². The molecule has 5 rings (SSSR count). The van der Waals surface area contributed by atoms with Crippen LogP contribution in [0.25, 0.3) is 5.69 Å². The van der Waals surface area contributed by atoms with Crippen LogP contribution in [0.4, 0.5) is 21.8 Å². The molecule has 2 aromatic carbocycles. The van der Waals surface area contributed by atoms with Crippen LogP contribution in [0.15, 0.2) is 53.3 Å². The van der Waals surface area contributed by atoms with Crippen molar-refractivity contribution in [2.45, 2.75) is 19.4 Å². The van der Waals surface area contributed by atoms with Crippen LogP contribution in [-0.2, 0) is 11.3 Å². The molecule has 10 heteroatoms. The van der Waals surface area contributed by atoms with Gasteiger partial charge in [0.1, 0.15) is 23.7 Å². The second-order valence-electron chi connectivity index (χ2n) is 7.81. The molecule has 2 aromatic heterocycles. The van der Waals surface area contributed by atoms with Crippen LogP contribution in [0.5, 0.6) is 0 Å². The zero-order chi connectivity index (χ0) is 23.1. The van der Waals surface area contributed by atoms with Crippen molar-refractivity contribution in [2.24, 2.45) is 0 Å². The molecule has 0 amide bonds. The SMILES string of the molecule is Cc1ncnn1-c1ccc(N(C)c2nc(N)c3c(n2)C(c2ccc(Br)cc2)COC3)cc1F. The van der Waals surface area contributed by atoms with Gasteiger partial charge in [0.05, 0.1) is 24.8 Å². The molecule has 0 bridgehead atoms. The first-order chi connectivity index (χ1) is 15.9. The average Bonchev–Trinajstić information content (AvgIpc) is 3.24. The van der Waals surface area contributed by atoms with Gasteiger partial charge in [-0.3, -0.25) is 0 Å². The minimum Gasteiger partial charge on any atom is -0.383 e. The van der Waals surface area contributed by atoms with Crippen molar-refractivity contribution in [1.29, 1.82) is 0 Å². The molecule has 0 saturated carbocycles. The Morgan fingerprint density at radius 2 is 1.97 bits per heavy atom. The van der Waals surface area contributed by atoms with E-state index in [-0.39, 0.29) is 5.92 Å². The van der Waals surface area contributed by atoms with Crippen molar-refractivity contribution in [3.05, 3.63) is 81.7 Å². The Bertz CT molecular complexity index is 1330. The molecule has 0 radical (unpaired) electrons. The minimum atomic E-state index is -0.431. The lowest BCUT2D eigenvalue weighted by Gasteiger charge is -2.28. The summed E-state index contributed by atoms with van der Waals surface area (Å²) < 4.78 is 23.2. The predicted molar refractivity (Wildman–Crippen MR) is 126 cm³/mol. The number of nitrogens with two attached hydrogens (primary N) is 1.